The highest BCUT2D eigenvalue weighted by atomic mass is 16.5. The lowest BCUT2D eigenvalue weighted by Crippen LogP contribution is -2.30. The summed E-state index contributed by atoms with van der Waals surface area (Å²) >= 11 is 0. The molecule has 0 heterocycles. The van der Waals surface area contributed by atoms with Gasteiger partial charge in [-0.3, -0.25) is 9.59 Å². The molecule has 0 spiro atoms. The molecule has 120 valence electrons. The largest absolute Gasteiger partial charge is 0.481 e. The van der Waals surface area contributed by atoms with E-state index in [-0.39, 0.29) is 25.0 Å². The van der Waals surface area contributed by atoms with Crippen molar-refractivity contribution in [2.75, 3.05) is 0 Å². The van der Waals surface area contributed by atoms with Gasteiger partial charge in [0.05, 0.1) is 12.2 Å². The summed E-state index contributed by atoms with van der Waals surface area (Å²) in [6.07, 6.45) is 8.78. The van der Waals surface area contributed by atoms with Crippen molar-refractivity contribution < 1.29 is 24.5 Å². The lowest BCUT2D eigenvalue weighted by atomic mass is 9.83. The van der Waals surface area contributed by atoms with Gasteiger partial charge in [-0.2, -0.15) is 0 Å². The van der Waals surface area contributed by atoms with Crippen LogP contribution in [0.1, 0.15) is 64.2 Å². The molecule has 2 aliphatic rings. The van der Waals surface area contributed by atoms with Crippen LogP contribution < -0.4 is 0 Å². The van der Waals surface area contributed by atoms with Crippen LogP contribution in [0, 0.1) is 11.8 Å². The van der Waals surface area contributed by atoms with Crippen molar-refractivity contribution >= 4 is 11.9 Å². The maximum Gasteiger partial charge on any atom is 0.303 e. The number of rotatable bonds is 6. The molecule has 0 aliphatic heterocycles. The number of carboxylic acid groups (broad SMARTS) is 2. The second kappa shape index (κ2) is 7.78. The number of carboxylic acids is 2. The third kappa shape index (κ3) is 5.65. The SMILES string of the molecule is O=C(O)CC1CCC(OC2CCC(CC(=O)O)CC2)CC1. The summed E-state index contributed by atoms with van der Waals surface area (Å²) in [6.45, 7) is 0. The first-order valence-corrected chi connectivity index (χ1v) is 8.12. The van der Waals surface area contributed by atoms with Gasteiger partial charge in [0.25, 0.3) is 0 Å². The van der Waals surface area contributed by atoms with Gasteiger partial charge in [-0.05, 0) is 63.2 Å². The molecule has 0 aromatic heterocycles. The first-order chi connectivity index (χ1) is 10.0. The molecular weight excluding hydrogens is 272 g/mol. The molecule has 2 N–H and O–H groups in total. The van der Waals surface area contributed by atoms with E-state index in [1.54, 1.807) is 0 Å². The molecular formula is C16H26O5. The Morgan fingerprint density at radius 2 is 1.05 bits per heavy atom. The van der Waals surface area contributed by atoms with E-state index in [0.29, 0.717) is 11.8 Å². The third-order valence-electron chi connectivity index (χ3n) is 4.90. The molecule has 5 heteroatoms. The fourth-order valence-corrected chi connectivity index (χ4v) is 3.71. The minimum atomic E-state index is -0.698. The fourth-order valence-electron chi connectivity index (χ4n) is 3.71. The number of hydrogen-bond acceptors (Lipinski definition) is 3. The molecule has 2 saturated carbocycles. The molecule has 2 fully saturated rings. The van der Waals surface area contributed by atoms with Crippen molar-refractivity contribution in [2.45, 2.75) is 76.4 Å². The van der Waals surface area contributed by atoms with Crippen LogP contribution in [0.4, 0.5) is 0 Å². The highest BCUT2D eigenvalue weighted by Gasteiger charge is 2.28. The zero-order valence-corrected chi connectivity index (χ0v) is 12.5. The Bertz CT molecular complexity index is 318. The van der Waals surface area contributed by atoms with Crippen LogP contribution in [0.25, 0.3) is 0 Å². The minimum absolute atomic E-state index is 0.274. The summed E-state index contributed by atoms with van der Waals surface area (Å²) in [5, 5.41) is 17.6. The van der Waals surface area contributed by atoms with Crippen LogP contribution in [0.3, 0.4) is 0 Å². The first kappa shape index (κ1) is 16.3. The van der Waals surface area contributed by atoms with E-state index >= 15 is 0 Å². The molecule has 0 radical (unpaired) electrons. The van der Waals surface area contributed by atoms with E-state index in [0.717, 1.165) is 51.4 Å². The summed E-state index contributed by atoms with van der Waals surface area (Å²) in [4.78, 5) is 21.4. The van der Waals surface area contributed by atoms with Gasteiger partial charge in [0.2, 0.25) is 0 Å². The van der Waals surface area contributed by atoms with Crippen molar-refractivity contribution in [1.82, 2.24) is 0 Å². The second-order valence-electron chi connectivity index (χ2n) is 6.62. The summed E-state index contributed by atoms with van der Waals surface area (Å²) in [5.74, 6) is -0.769. The smallest absolute Gasteiger partial charge is 0.303 e. The molecule has 0 saturated heterocycles. The van der Waals surface area contributed by atoms with E-state index < -0.39 is 11.9 Å². The van der Waals surface area contributed by atoms with E-state index in [4.69, 9.17) is 14.9 Å². The molecule has 0 unspecified atom stereocenters. The normalized spacial score (nSPS) is 33.5. The topological polar surface area (TPSA) is 83.8 Å². The monoisotopic (exact) mass is 298 g/mol. The zero-order valence-electron chi connectivity index (χ0n) is 12.5. The Labute approximate surface area is 125 Å². The van der Waals surface area contributed by atoms with Crippen molar-refractivity contribution in [1.29, 1.82) is 0 Å². The molecule has 0 atom stereocenters. The van der Waals surface area contributed by atoms with Gasteiger partial charge in [0.15, 0.2) is 0 Å². The highest BCUT2D eigenvalue weighted by molar-refractivity contribution is 5.67. The van der Waals surface area contributed by atoms with Crippen LogP contribution in [0.15, 0.2) is 0 Å². The Balaban J connectivity index is 1.64. The number of aliphatic carboxylic acids is 2. The standard InChI is InChI=1S/C16H26O5/c17-15(18)9-11-1-5-13(6-2-11)21-14-7-3-12(4-8-14)10-16(19)20/h11-14H,1-10H2,(H,17,18)(H,19,20). The maximum absolute atomic E-state index is 10.7. The molecule has 21 heavy (non-hydrogen) atoms. The van der Waals surface area contributed by atoms with Gasteiger partial charge < -0.3 is 14.9 Å². The number of hydrogen-bond donors (Lipinski definition) is 2. The average Bonchev–Trinajstić information content (AvgIpc) is 2.42. The van der Waals surface area contributed by atoms with Crippen LogP contribution in [0.5, 0.6) is 0 Å². The predicted octanol–water partition coefficient (Wildman–Crippen LogP) is 3.07. The second-order valence-corrected chi connectivity index (χ2v) is 6.62. The summed E-state index contributed by atoms with van der Waals surface area (Å²) in [7, 11) is 0. The van der Waals surface area contributed by atoms with Gasteiger partial charge in [0.1, 0.15) is 0 Å². The van der Waals surface area contributed by atoms with Crippen LogP contribution in [-0.2, 0) is 14.3 Å². The summed E-state index contributed by atoms with van der Waals surface area (Å²) in [6, 6.07) is 0. The van der Waals surface area contributed by atoms with Gasteiger partial charge in [-0.1, -0.05) is 0 Å². The van der Waals surface area contributed by atoms with E-state index in [9.17, 15) is 9.59 Å². The van der Waals surface area contributed by atoms with Crippen LogP contribution >= 0.6 is 0 Å². The quantitative estimate of drug-likeness (QED) is 0.787. The molecule has 0 aromatic carbocycles. The van der Waals surface area contributed by atoms with Crippen molar-refractivity contribution in [3.8, 4) is 0 Å². The highest BCUT2D eigenvalue weighted by Crippen LogP contribution is 2.33. The van der Waals surface area contributed by atoms with E-state index in [2.05, 4.69) is 0 Å². The Hall–Kier alpha value is -1.10. The first-order valence-electron chi connectivity index (χ1n) is 8.12. The lowest BCUT2D eigenvalue weighted by Gasteiger charge is -2.34. The van der Waals surface area contributed by atoms with E-state index in [1.165, 1.54) is 0 Å². The molecule has 0 aromatic rings. The molecule has 5 nitrogen and oxygen atoms in total. The number of carbonyl (C=O) groups is 2. The van der Waals surface area contributed by atoms with Crippen molar-refractivity contribution in [3.05, 3.63) is 0 Å². The third-order valence-corrected chi connectivity index (χ3v) is 4.90. The maximum atomic E-state index is 10.7. The molecule has 0 amide bonds. The predicted molar refractivity (Wildman–Crippen MR) is 77.1 cm³/mol. The Kier molecular flexibility index (Phi) is 6.03. The number of ether oxygens (including phenoxy) is 1. The van der Waals surface area contributed by atoms with Crippen LogP contribution in [-0.4, -0.2) is 34.4 Å². The molecule has 0 bridgehead atoms. The summed E-state index contributed by atoms with van der Waals surface area (Å²) in [5.41, 5.74) is 0. The summed E-state index contributed by atoms with van der Waals surface area (Å²) < 4.78 is 6.14. The Morgan fingerprint density at radius 3 is 1.33 bits per heavy atom. The zero-order chi connectivity index (χ0) is 15.2. The van der Waals surface area contributed by atoms with Crippen LogP contribution in [0.2, 0.25) is 0 Å². The fraction of sp³-hybridized carbons (Fsp3) is 0.875. The average molecular weight is 298 g/mol. The molecule has 2 rings (SSSR count). The van der Waals surface area contributed by atoms with Gasteiger partial charge in [0, 0.05) is 12.8 Å². The lowest BCUT2D eigenvalue weighted by molar-refractivity contribution is -0.139. The van der Waals surface area contributed by atoms with Crippen molar-refractivity contribution in [2.24, 2.45) is 11.8 Å². The van der Waals surface area contributed by atoms with E-state index in [1.807, 2.05) is 0 Å². The minimum Gasteiger partial charge on any atom is -0.481 e. The van der Waals surface area contributed by atoms with Gasteiger partial charge in [-0.15, -0.1) is 0 Å². The van der Waals surface area contributed by atoms with Crippen molar-refractivity contribution in [3.63, 3.8) is 0 Å². The Morgan fingerprint density at radius 1 is 0.714 bits per heavy atom. The molecule has 2 aliphatic carbocycles. The van der Waals surface area contributed by atoms with Gasteiger partial charge in [-0.25, -0.2) is 0 Å². The van der Waals surface area contributed by atoms with Gasteiger partial charge >= 0.3 is 11.9 Å².